The first-order valence-corrected chi connectivity index (χ1v) is 8.77. The van der Waals surface area contributed by atoms with Crippen LogP contribution in [-0.2, 0) is 12.7 Å². The lowest BCUT2D eigenvalue weighted by Crippen LogP contribution is -2.23. The van der Waals surface area contributed by atoms with Gasteiger partial charge in [-0.1, -0.05) is 29.8 Å². The smallest absolute Gasteiger partial charge is 0.416 e. The lowest BCUT2D eigenvalue weighted by molar-refractivity contribution is -0.137. The number of ether oxygens (including phenoxy) is 1. The Labute approximate surface area is 169 Å². The molecule has 0 saturated heterocycles. The Bertz CT molecular complexity index is 1020. The summed E-state index contributed by atoms with van der Waals surface area (Å²) >= 11 is 6.22. The molecule has 9 heteroatoms. The molecule has 3 rings (SSSR count). The SMILES string of the molecule is COc1ccc(-c2ccc(C(=O)NCc3cccc(C(F)(F)F)c3)c(Cl)c2)nn1. The molecule has 29 heavy (non-hydrogen) atoms. The van der Waals surface area contributed by atoms with Crippen LogP contribution in [0.4, 0.5) is 13.2 Å². The Morgan fingerprint density at radius 3 is 2.52 bits per heavy atom. The summed E-state index contributed by atoms with van der Waals surface area (Å²) in [7, 11) is 1.48. The highest BCUT2D eigenvalue weighted by Gasteiger charge is 2.30. The van der Waals surface area contributed by atoms with Gasteiger partial charge in [-0.15, -0.1) is 10.2 Å². The third kappa shape index (κ3) is 5.03. The Morgan fingerprint density at radius 1 is 1.10 bits per heavy atom. The summed E-state index contributed by atoms with van der Waals surface area (Å²) in [5.74, 6) is -0.134. The van der Waals surface area contributed by atoms with Crippen molar-refractivity contribution >= 4 is 17.5 Å². The number of carbonyl (C=O) groups excluding carboxylic acids is 1. The fraction of sp³-hybridized carbons (Fsp3) is 0.150. The van der Waals surface area contributed by atoms with E-state index in [4.69, 9.17) is 16.3 Å². The fourth-order valence-electron chi connectivity index (χ4n) is 2.58. The van der Waals surface area contributed by atoms with Crippen molar-refractivity contribution in [3.63, 3.8) is 0 Å². The van der Waals surface area contributed by atoms with Crippen molar-refractivity contribution in [2.24, 2.45) is 0 Å². The van der Waals surface area contributed by atoms with Gasteiger partial charge in [-0.3, -0.25) is 4.79 Å². The number of aromatic nitrogens is 2. The first-order chi connectivity index (χ1) is 13.8. The first kappa shape index (κ1) is 20.6. The minimum Gasteiger partial charge on any atom is -0.480 e. The molecule has 1 aromatic heterocycles. The third-order valence-corrected chi connectivity index (χ3v) is 4.38. The maximum Gasteiger partial charge on any atom is 0.416 e. The van der Waals surface area contributed by atoms with Gasteiger partial charge in [0.25, 0.3) is 5.91 Å². The molecule has 1 amide bonds. The van der Waals surface area contributed by atoms with Gasteiger partial charge >= 0.3 is 6.18 Å². The molecule has 1 N–H and O–H groups in total. The van der Waals surface area contributed by atoms with Gasteiger partial charge < -0.3 is 10.1 Å². The number of benzene rings is 2. The second-order valence-corrected chi connectivity index (χ2v) is 6.44. The van der Waals surface area contributed by atoms with Crippen LogP contribution in [-0.4, -0.2) is 23.2 Å². The number of rotatable bonds is 5. The van der Waals surface area contributed by atoms with Gasteiger partial charge in [0.05, 0.1) is 29.0 Å². The minimum absolute atomic E-state index is 0.0647. The van der Waals surface area contributed by atoms with E-state index >= 15 is 0 Å². The van der Waals surface area contributed by atoms with E-state index in [1.807, 2.05) is 0 Å². The van der Waals surface area contributed by atoms with Crippen LogP contribution in [0.5, 0.6) is 5.88 Å². The Morgan fingerprint density at radius 2 is 1.90 bits per heavy atom. The molecular formula is C20H15ClF3N3O2. The van der Waals surface area contributed by atoms with Crippen LogP contribution in [0.1, 0.15) is 21.5 Å². The normalized spacial score (nSPS) is 11.2. The topological polar surface area (TPSA) is 64.1 Å². The molecule has 0 spiro atoms. The van der Waals surface area contributed by atoms with E-state index in [1.165, 1.54) is 25.3 Å². The summed E-state index contributed by atoms with van der Waals surface area (Å²) < 4.78 is 43.3. The van der Waals surface area contributed by atoms with Crippen molar-refractivity contribution in [3.05, 3.63) is 76.3 Å². The van der Waals surface area contributed by atoms with Crippen molar-refractivity contribution in [1.82, 2.24) is 15.5 Å². The van der Waals surface area contributed by atoms with Gasteiger partial charge in [-0.25, -0.2) is 0 Å². The number of hydrogen-bond acceptors (Lipinski definition) is 4. The van der Waals surface area contributed by atoms with Crippen LogP contribution in [0, 0.1) is 0 Å². The zero-order chi connectivity index (χ0) is 21.0. The average molecular weight is 422 g/mol. The highest BCUT2D eigenvalue weighted by Crippen LogP contribution is 2.29. The number of nitrogens with one attached hydrogen (secondary N) is 1. The number of methoxy groups -OCH3 is 1. The molecule has 0 bridgehead atoms. The van der Waals surface area contributed by atoms with Crippen LogP contribution in [0.25, 0.3) is 11.3 Å². The molecule has 0 atom stereocenters. The molecule has 0 radical (unpaired) electrons. The van der Waals surface area contributed by atoms with E-state index < -0.39 is 17.6 Å². The summed E-state index contributed by atoms with van der Waals surface area (Å²) in [6.45, 7) is -0.0647. The van der Waals surface area contributed by atoms with Gasteiger partial charge in [0.1, 0.15) is 0 Å². The summed E-state index contributed by atoms with van der Waals surface area (Å²) in [5.41, 5.74) is 0.953. The molecule has 5 nitrogen and oxygen atoms in total. The molecule has 0 aliphatic carbocycles. The van der Waals surface area contributed by atoms with Crippen LogP contribution in [0.2, 0.25) is 5.02 Å². The highest BCUT2D eigenvalue weighted by molar-refractivity contribution is 6.34. The molecule has 2 aromatic carbocycles. The fourth-order valence-corrected chi connectivity index (χ4v) is 2.84. The highest BCUT2D eigenvalue weighted by atomic mass is 35.5. The molecule has 0 saturated carbocycles. The van der Waals surface area contributed by atoms with Gasteiger partial charge in [0, 0.05) is 18.2 Å². The quantitative estimate of drug-likeness (QED) is 0.645. The van der Waals surface area contributed by atoms with E-state index in [1.54, 1.807) is 24.3 Å². The Hall–Kier alpha value is -3.13. The summed E-state index contributed by atoms with van der Waals surface area (Å²) in [6.07, 6.45) is -4.44. The van der Waals surface area contributed by atoms with Gasteiger partial charge in [-0.2, -0.15) is 13.2 Å². The zero-order valence-electron chi connectivity index (χ0n) is 15.1. The largest absolute Gasteiger partial charge is 0.480 e. The molecule has 3 aromatic rings. The van der Waals surface area contributed by atoms with Gasteiger partial charge in [0.2, 0.25) is 5.88 Å². The summed E-state index contributed by atoms with van der Waals surface area (Å²) in [4.78, 5) is 12.4. The predicted octanol–water partition coefficient (Wildman–Crippen LogP) is 4.75. The number of amides is 1. The van der Waals surface area contributed by atoms with Crippen LogP contribution < -0.4 is 10.1 Å². The van der Waals surface area contributed by atoms with E-state index in [-0.39, 0.29) is 17.1 Å². The second-order valence-electron chi connectivity index (χ2n) is 6.04. The molecule has 1 heterocycles. The van der Waals surface area contributed by atoms with Gasteiger partial charge in [0.15, 0.2) is 0 Å². The Kier molecular flexibility index (Phi) is 6.03. The van der Waals surface area contributed by atoms with Crippen molar-refractivity contribution < 1.29 is 22.7 Å². The van der Waals surface area contributed by atoms with Crippen molar-refractivity contribution in [1.29, 1.82) is 0 Å². The average Bonchev–Trinajstić information content (AvgIpc) is 2.71. The number of hydrogen-bond donors (Lipinski definition) is 1. The first-order valence-electron chi connectivity index (χ1n) is 8.40. The summed E-state index contributed by atoms with van der Waals surface area (Å²) in [6, 6.07) is 12.8. The standard InChI is InChI=1S/C20H15ClF3N3O2/c1-29-18-8-7-17(26-27-18)13-5-6-15(16(21)10-13)19(28)25-11-12-3-2-4-14(9-12)20(22,23)24/h2-10H,11H2,1H3,(H,25,28). The molecule has 150 valence electrons. The van der Waals surface area contributed by atoms with Crippen LogP contribution in [0.15, 0.2) is 54.6 Å². The number of halogens is 4. The molecule has 0 unspecified atom stereocenters. The van der Waals surface area contributed by atoms with Crippen molar-refractivity contribution in [3.8, 4) is 17.1 Å². The molecular weight excluding hydrogens is 407 g/mol. The maximum absolute atomic E-state index is 12.8. The number of carbonyl (C=O) groups is 1. The molecule has 0 aliphatic heterocycles. The molecule has 0 fully saturated rings. The zero-order valence-corrected chi connectivity index (χ0v) is 15.9. The monoisotopic (exact) mass is 421 g/mol. The maximum atomic E-state index is 12.8. The van der Waals surface area contributed by atoms with E-state index in [0.717, 1.165) is 12.1 Å². The minimum atomic E-state index is -4.44. The number of alkyl halides is 3. The summed E-state index contributed by atoms with van der Waals surface area (Å²) in [5, 5.41) is 10.6. The Balaban J connectivity index is 1.71. The predicted molar refractivity (Wildman–Crippen MR) is 102 cm³/mol. The van der Waals surface area contributed by atoms with Crippen molar-refractivity contribution in [2.45, 2.75) is 12.7 Å². The van der Waals surface area contributed by atoms with E-state index in [2.05, 4.69) is 15.5 Å². The van der Waals surface area contributed by atoms with E-state index in [0.29, 0.717) is 22.7 Å². The van der Waals surface area contributed by atoms with Crippen LogP contribution >= 0.6 is 11.6 Å². The second kappa shape index (κ2) is 8.48. The van der Waals surface area contributed by atoms with Crippen LogP contribution in [0.3, 0.4) is 0 Å². The van der Waals surface area contributed by atoms with Crippen molar-refractivity contribution in [2.75, 3.05) is 7.11 Å². The third-order valence-electron chi connectivity index (χ3n) is 4.07. The van der Waals surface area contributed by atoms with E-state index in [9.17, 15) is 18.0 Å². The van der Waals surface area contributed by atoms with Gasteiger partial charge in [-0.05, 0) is 35.9 Å². The number of nitrogens with zero attached hydrogens (tertiary/aromatic N) is 2. The molecule has 0 aliphatic rings. The lowest BCUT2D eigenvalue weighted by Gasteiger charge is -2.11. The lowest BCUT2D eigenvalue weighted by atomic mass is 10.1.